The number of rotatable bonds is 4. The molecule has 1 saturated carbocycles. The Hall–Kier alpha value is -2.61. The highest BCUT2D eigenvalue weighted by atomic mass is 32.2. The molecule has 2 aliphatic rings. The second-order valence-electron chi connectivity index (χ2n) is 6.98. The minimum Gasteiger partial charge on any atom is -0.494 e. The molecule has 6 nitrogen and oxygen atoms in total. The van der Waals surface area contributed by atoms with Gasteiger partial charge in [-0.05, 0) is 49.1 Å². The molecule has 0 spiro atoms. The molecule has 1 aliphatic carbocycles. The van der Waals surface area contributed by atoms with Crippen LogP contribution in [0.4, 0.5) is 10.1 Å². The van der Waals surface area contributed by atoms with Crippen molar-refractivity contribution in [2.45, 2.75) is 24.8 Å². The predicted molar refractivity (Wildman–Crippen MR) is 108 cm³/mol. The number of hydrogen-bond acceptors (Lipinski definition) is 6. The number of nitrogens with one attached hydrogen (secondary N) is 1. The molecular formula is C20H21FN4O2S. The van der Waals surface area contributed by atoms with Gasteiger partial charge < -0.3 is 15.8 Å². The highest BCUT2D eigenvalue weighted by Gasteiger charge is 2.48. The lowest BCUT2D eigenvalue weighted by molar-refractivity contribution is 0.101. The van der Waals surface area contributed by atoms with Crippen molar-refractivity contribution in [3.63, 3.8) is 0 Å². The summed E-state index contributed by atoms with van der Waals surface area (Å²) in [6, 6.07) is 7.94. The molecule has 0 saturated heterocycles. The Bertz CT molecular complexity index is 952. The van der Waals surface area contributed by atoms with Gasteiger partial charge in [0.1, 0.15) is 11.6 Å². The molecule has 146 valence electrons. The smallest absolute Gasteiger partial charge is 0.278 e. The van der Waals surface area contributed by atoms with Gasteiger partial charge in [0, 0.05) is 23.2 Å². The van der Waals surface area contributed by atoms with Crippen molar-refractivity contribution in [1.82, 2.24) is 4.98 Å². The third kappa shape index (κ3) is 3.22. The van der Waals surface area contributed by atoms with Crippen molar-refractivity contribution in [3.8, 4) is 5.75 Å². The summed E-state index contributed by atoms with van der Waals surface area (Å²) in [5.41, 5.74) is 6.49. The first-order chi connectivity index (χ1) is 13.5. The zero-order valence-electron chi connectivity index (χ0n) is 15.4. The topological polar surface area (TPSA) is 89.6 Å². The Kier molecular flexibility index (Phi) is 4.97. The van der Waals surface area contributed by atoms with E-state index >= 15 is 0 Å². The number of aromatic nitrogens is 1. The second kappa shape index (κ2) is 7.43. The lowest BCUT2D eigenvalue weighted by Crippen LogP contribution is -2.37. The fourth-order valence-electron chi connectivity index (χ4n) is 4.11. The predicted octanol–water partition coefficient (Wildman–Crippen LogP) is 3.54. The number of nitrogens with zero attached hydrogens (tertiary/aromatic N) is 2. The molecule has 1 amide bonds. The van der Waals surface area contributed by atoms with Crippen molar-refractivity contribution in [2.75, 3.05) is 18.2 Å². The molecule has 1 aromatic heterocycles. The van der Waals surface area contributed by atoms with Crippen LogP contribution >= 0.6 is 11.8 Å². The number of anilines is 1. The van der Waals surface area contributed by atoms with Gasteiger partial charge in [-0.2, -0.15) is 0 Å². The maximum atomic E-state index is 14.8. The van der Waals surface area contributed by atoms with Crippen LogP contribution in [0.3, 0.4) is 0 Å². The van der Waals surface area contributed by atoms with E-state index in [4.69, 9.17) is 10.5 Å². The van der Waals surface area contributed by atoms with E-state index < -0.39 is 11.4 Å². The van der Waals surface area contributed by atoms with E-state index in [9.17, 15) is 9.18 Å². The number of amidine groups is 1. The van der Waals surface area contributed by atoms with Crippen molar-refractivity contribution >= 4 is 28.5 Å². The number of pyridine rings is 1. The zero-order chi connectivity index (χ0) is 19.7. The Morgan fingerprint density at radius 3 is 3.11 bits per heavy atom. The summed E-state index contributed by atoms with van der Waals surface area (Å²) in [4.78, 5) is 21.4. The number of halogens is 1. The molecule has 2 atom stereocenters. The molecule has 1 aromatic carbocycles. The number of fused-ring (bicyclic) bond motifs is 1. The molecule has 2 heterocycles. The number of aliphatic imine (C=N–C) groups is 1. The molecule has 1 aliphatic heterocycles. The van der Waals surface area contributed by atoms with Gasteiger partial charge in [0.25, 0.3) is 5.91 Å². The van der Waals surface area contributed by atoms with Crippen LogP contribution in [0.25, 0.3) is 0 Å². The van der Waals surface area contributed by atoms with Crippen LogP contribution in [0.1, 0.15) is 35.3 Å². The molecule has 2 aromatic rings. The van der Waals surface area contributed by atoms with Crippen LogP contribution in [-0.4, -0.2) is 28.9 Å². The first-order valence-electron chi connectivity index (χ1n) is 9.12. The van der Waals surface area contributed by atoms with Crippen LogP contribution in [0.5, 0.6) is 5.75 Å². The third-order valence-electron chi connectivity index (χ3n) is 5.42. The summed E-state index contributed by atoms with van der Waals surface area (Å²) in [5, 5.41) is 3.29. The molecule has 8 heteroatoms. The van der Waals surface area contributed by atoms with Crippen LogP contribution in [0, 0.1) is 11.7 Å². The number of benzene rings is 1. The summed E-state index contributed by atoms with van der Waals surface area (Å²) < 4.78 is 20.0. The van der Waals surface area contributed by atoms with Crippen molar-refractivity contribution in [2.24, 2.45) is 16.6 Å². The van der Waals surface area contributed by atoms with E-state index in [-0.39, 0.29) is 17.4 Å². The van der Waals surface area contributed by atoms with Crippen molar-refractivity contribution in [1.29, 1.82) is 0 Å². The Balaban J connectivity index is 1.68. The summed E-state index contributed by atoms with van der Waals surface area (Å²) in [5.74, 6) is 0.692. The molecule has 1 fully saturated rings. The zero-order valence-corrected chi connectivity index (χ0v) is 16.3. The molecule has 0 radical (unpaired) electrons. The molecule has 0 bridgehead atoms. The SMILES string of the molecule is COc1cccnc1C(=O)Nc1ccc(F)c(C23CCCC2CSC(N)=N3)c1. The number of thioether (sulfide) groups is 1. The Labute approximate surface area is 166 Å². The molecular weight excluding hydrogens is 379 g/mol. The maximum absolute atomic E-state index is 14.8. The van der Waals surface area contributed by atoms with Gasteiger partial charge in [-0.3, -0.25) is 9.79 Å². The lowest BCUT2D eigenvalue weighted by Gasteiger charge is -2.36. The van der Waals surface area contributed by atoms with E-state index in [1.165, 1.54) is 37.2 Å². The summed E-state index contributed by atoms with van der Waals surface area (Å²) in [7, 11) is 1.48. The quantitative estimate of drug-likeness (QED) is 0.819. The average molecular weight is 400 g/mol. The fourth-order valence-corrected chi connectivity index (χ4v) is 5.15. The first kappa shape index (κ1) is 18.7. The number of amides is 1. The molecule has 3 N–H and O–H groups in total. The van der Waals surface area contributed by atoms with Gasteiger partial charge in [0.05, 0.1) is 12.6 Å². The standard InChI is InChI=1S/C20H21FN4O2S/c1-27-16-5-3-9-23-17(16)18(26)24-13-6-7-15(21)14(10-13)20-8-2-4-12(20)11-28-19(22)25-20/h3,5-7,9-10,12H,2,4,8,11H2,1H3,(H2,22,25)(H,24,26). The molecule has 28 heavy (non-hydrogen) atoms. The fraction of sp³-hybridized carbons (Fsp3) is 0.350. The van der Waals surface area contributed by atoms with Gasteiger partial charge >= 0.3 is 0 Å². The number of carbonyl (C=O) groups is 1. The lowest BCUT2D eigenvalue weighted by atomic mass is 9.81. The van der Waals surface area contributed by atoms with Gasteiger partial charge in [0.15, 0.2) is 10.9 Å². The number of ether oxygens (including phenoxy) is 1. The number of carbonyl (C=O) groups excluding carboxylic acids is 1. The van der Waals surface area contributed by atoms with E-state index in [0.29, 0.717) is 22.2 Å². The van der Waals surface area contributed by atoms with Crippen LogP contribution in [0.15, 0.2) is 41.5 Å². The van der Waals surface area contributed by atoms with Gasteiger partial charge in [-0.15, -0.1) is 0 Å². The van der Waals surface area contributed by atoms with E-state index in [2.05, 4.69) is 15.3 Å². The summed E-state index contributed by atoms with van der Waals surface area (Å²) in [6.07, 6.45) is 4.24. The number of hydrogen-bond donors (Lipinski definition) is 2. The van der Waals surface area contributed by atoms with Crippen LogP contribution in [-0.2, 0) is 5.54 Å². The molecule has 4 rings (SSSR count). The molecule has 2 unspecified atom stereocenters. The van der Waals surface area contributed by atoms with Crippen LogP contribution < -0.4 is 15.8 Å². The van der Waals surface area contributed by atoms with Crippen LogP contribution in [0.2, 0.25) is 0 Å². The maximum Gasteiger partial charge on any atom is 0.278 e. The van der Waals surface area contributed by atoms with E-state index in [0.717, 1.165) is 25.0 Å². The second-order valence-corrected chi connectivity index (χ2v) is 8.02. The highest BCUT2D eigenvalue weighted by Crippen LogP contribution is 2.51. The van der Waals surface area contributed by atoms with Crippen molar-refractivity contribution < 1.29 is 13.9 Å². The minimum atomic E-state index is -0.650. The largest absolute Gasteiger partial charge is 0.494 e. The Morgan fingerprint density at radius 2 is 2.29 bits per heavy atom. The monoisotopic (exact) mass is 400 g/mol. The Morgan fingerprint density at radius 1 is 1.43 bits per heavy atom. The van der Waals surface area contributed by atoms with Crippen molar-refractivity contribution in [3.05, 3.63) is 53.6 Å². The average Bonchev–Trinajstić information content (AvgIpc) is 3.13. The summed E-state index contributed by atoms with van der Waals surface area (Å²) >= 11 is 1.52. The summed E-state index contributed by atoms with van der Waals surface area (Å²) in [6.45, 7) is 0. The highest BCUT2D eigenvalue weighted by molar-refractivity contribution is 8.13. The van der Waals surface area contributed by atoms with E-state index in [1.54, 1.807) is 18.2 Å². The van der Waals surface area contributed by atoms with Gasteiger partial charge in [-0.25, -0.2) is 9.37 Å². The normalized spacial score (nSPS) is 23.6. The number of methoxy groups -OCH3 is 1. The number of nitrogens with two attached hydrogens (primary N) is 1. The minimum absolute atomic E-state index is 0.170. The van der Waals surface area contributed by atoms with Gasteiger partial charge in [-0.1, -0.05) is 18.2 Å². The first-order valence-corrected chi connectivity index (χ1v) is 10.1. The third-order valence-corrected chi connectivity index (χ3v) is 6.38. The van der Waals surface area contributed by atoms with Gasteiger partial charge in [0.2, 0.25) is 0 Å². The van der Waals surface area contributed by atoms with E-state index in [1.807, 2.05) is 0 Å².